The molecule has 0 bridgehead atoms. The normalized spacial score (nSPS) is 23.6. The zero-order chi connectivity index (χ0) is 14.1. The number of nitrogens with one attached hydrogen (secondary N) is 1. The van der Waals surface area contributed by atoms with E-state index in [2.05, 4.69) is 25.4 Å². The van der Waals surface area contributed by atoms with Crippen molar-refractivity contribution in [2.24, 2.45) is 7.05 Å². The molecular formula is C13H20N6O. The maximum Gasteiger partial charge on any atom is 0.0897 e. The van der Waals surface area contributed by atoms with E-state index in [4.69, 9.17) is 4.74 Å². The lowest BCUT2D eigenvalue weighted by molar-refractivity contribution is 0.0957. The second kappa shape index (κ2) is 5.34. The van der Waals surface area contributed by atoms with Gasteiger partial charge in [-0.3, -0.25) is 14.7 Å². The van der Waals surface area contributed by atoms with Gasteiger partial charge in [0.15, 0.2) is 0 Å². The summed E-state index contributed by atoms with van der Waals surface area (Å²) in [6, 6.07) is 0. The van der Waals surface area contributed by atoms with Gasteiger partial charge in [-0.05, 0) is 6.92 Å². The van der Waals surface area contributed by atoms with Gasteiger partial charge in [0.25, 0.3) is 0 Å². The maximum absolute atomic E-state index is 5.62. The predicted octanol–water partition coefficient (Wildman–Crippen LogP) is 0.461. The third kappa shape index (κ3) is 2.46. The molecule has 3 heterocycles. The van der Waals surface area contributed by atoms with Gasteiger partial charge >= 0.3 is 0 Å². The Morgan fingerprint density at radius 2 is 2.30 bits per heavy atom. The molecule has 7 heteroatoms. The summed E-state index contributed by atoms with van der Waals surface area (Å²) in [6.45, 7) is 4.77. The van der Waals surface area contributed by atoms with Crippen molar-refractivity contribution in [1.82, 2.24) is 30.1 Å². The van der Waals surface area contributed by atoms with Crippen LogP contribution < -0.4 is 0 Å². The Kier molecular flexibility index (Phi) is 3.54. The fourth-order valence-corrected chi connectivity index (χ4v) is 2.81. The maximum atomic E-state index is 5.62. The van der Waals surface area contributed by atoms with Crippen LogP contribution in [-0.4, -0.2) is 56.4 Å². The lowest BCUT2D eigenvalue weighted by Gasteiger charge is -2.14. The Hall–Kier alpha value is -1.73. The van der Waals surface area contributed by atoms with Gasteiger partial charge in [0.2, 0.25) is 0 Å². The summed E-state index contributed by atoms with van der Waals surface area (Å²) >= 11 is 0. The number of hydrogen-bond donors (Lipinski definition) is 1. The van der Waals surface area contributed by atoms with E-state index in [1.807, 2.05) is 26.4 Å². The Labute approximate surface area is 117 Å². The van der Waals surface area contributed by atoms with Gasteiger partial charge in [0.05, 0.1) is 18.0 Å². The molecule has 0 spiro atoms. The van der Waals surface area contributed by atoms with Crippen molar-refractivity contribution in [2.45, 2.75) is 25.5 Å². The fourth-order valence-electron chi connectivity index (χ4n) is 2.81. The molecule has 3 rings (SSSR count). The molecule has 1 aliphatic rings. The molecule has 2 atom stereocenters. The van der Waals surface area contributed by atoms with E-state index in [0.29, 0.717) is 0 Å². The number of rotatable bonds is 4. The lowest BCUT2D eigenvalue weighted by Crippen LogP contribution is -2.22. The topological polar surface area (TPSA) is 71.9 Å². The number of methoxy groups -OCH3 is 1. The molecule has 108 valence electrons. The highest BCUT2D eigenvalue weighted by Gasteiger charge is 2.35. The van der Waals surface area contributed by atoms with Gasteiger partial charge in [0, 0.05) is 57.2 Å². The quantitative estimate of drug-likeness (QED) is 0.878. The summed E-state index contributed by atoms with van der Waals surface area (Å²) in [5, 5.41) is 15.3. The number of nitrogens with zero attached hydrogens (tertiary/aromatic N) is 5. The van der Waals surface area contributed by atoms with Crippen LogP contribution in [0.2, 0.25) is 0 Å². The van der Waals surface area contributed by atoms with Crippen LogP contribution in [0.3, 0.4) is 0 Å². The monoisotopic (exact) mass is 276 g/mol. The molecule has 7 nitrogen and oxygen atoms in total. The molecule has 1 fully saturated rings. The molecule has 0 radical (unpaired) electrons. The molecule has 0 amide bonds. The van der Waals surface area contributed by atoms with Gasteiger partial charge in [-0.25, -0.2) is 0 Å². The molecular weight excluding hydrogens is 256 g/mol. The fraction of sp³-hybridized carbons (Fsp3) is 0.615. The minimum Gasteiger partial charge on any atom is -0.379 e. The van der Waals surface area contributed by atoms with E-state index in [0.717, 1.165) is 31.0 Å². The summed E-state index contributed by atoms with van der Waals surface area (Å²) in [7, 11) is 3.65. The molecule has 0 unspecified atom stereocenters. The Morgan fingerprint density at radius 1 is 1.45 bits per heavy atom. The number of likely N-dealkylation sites (tertiary alicyclic amines) is 1. The molecule has 1 N–H and O–H groups in total. The third-order valence-corrected chi connectivity index (χ3v) is 3.97. The molecule has 1 aliphatic heterocycles. The first kappa shape index (κ1) is 13.3. The van der Waals surface area contributed by atoms with Crippen molar-refractivity contribution in [3.8, 4) is 0 Å². The summed E-state index contributed by atoms with van der Waals surface area (Å²) in [5.41, 5.74) is 3.37. The predicted molar refractivity (Wildman–Crippen MR) is 73.1 cm³/mol. The second-order valence-electron chi connectivity index (χ2n) is 5.41. The van der Waals surface area contributed by atoms with Crippen LogP contribution >= 0.6 is 0 Å². The average molecular weight is 276 g/mol. The number of hydrogen-bond acceptors (Lipinski definition) is 5. The van der Waals surface area contributed by atoms with E-state index in [-0.39, 0.29) is 12.0 Å². The highest BCUT2D eigenvalue weighted by Crippen LogP contribution is 2.29. The van der Waals surface area contributed by atoms with Crippen LogP contribution in [0.5, 0.6) is 0 Å². The van der Waals surface area contributed by atoms with E-state index in [1.54, 1.807) is 11.8 Å². The van der Waals surface area contributed by atoms with Crippen molar-refractivity contribution in [3.05, 3.63) is 29.3 Å². The molecule has 0 aromatic carbocycles. The second-order valence-corrected chi connectivity index (χ2v) is 5.41. The van der Waals surface area contributed by atoms with Crippen molar-refractivity contribution in [2.75, 3.05) is 20.2 Å². The standard InChI is InChI=1S/C13H20N6O/c1-9-10(4-14-15-9)5-19-6-11(13(8-19)20-3)12-7-18(2)17-16-12/h4,7,11,13H,5-6,8H2,1-3H3,(H,14,15)/t11-,13+/m0/s1. The van der Waals surface area contributed by atoms with E-state index in [9.17, 15) is 0 Å². The van der Waals surface area contributed by atoms with Crippen LogP contribution in [0.1, 0.15) is 22.9 Å². The average Bonchev–Trinajstić information content (AvgIpc) is 3.11. The minimum absolute atomic E-state index is 0.166. The van der Waals surface area contributed by atoms with Crippen LogP contribution in [0.25, 0.3) is 0 Å². The number of H-pyrrole nitrogens is 1. The highest BCUT2D eigenvalue weighted by molar-refractivity contribution is 5.16. The van der Waals surface area contributed by atoms with Gasteiger partial charge in [0.1, 0.15) is 0 Å². The van der Waals surface area contributed by atoms with E-state index >= 15 is 0 Å². The van der Waals surface area contributed by atoms with Gasteiger partial charge in [-0.2, -0.15) is 5.10 Å². The van der Waals surface area contributed by atoms with Crippen molar-refractivity contribution in [3.63, 3.8) is 0 Å². The van der Waals surface area contributed by atoms with Gasteiger partial charge < -0.3 is 4.74 Å². The first-order valence-corrected chi connectivity index (χ1v) is 6.77. The van der Waals surface area contributed by atoms with Gasteiger partial charge in [-0.15, -0.1) is 5.10 Å². The molecule has 0 saturated carbocycles. The SMILES string of the molecule is CO[C@@H]1CN(Cc2cn[nH]c2C)C[C@H]1c1cn(C)nn1. The Balaban J connectivity index is 1.73. The van der Waals surface area contributed by atoms with Gasteiger partial charge in [-0.1, -0.05) is 5.21 Å². The van der Waals surface area contributed by atoms with Crippen molar-refractivity contribution in [1.29, 1.82) is 0 Å². The third-order valence-electron chi connectivity index (χ3n) is 3.97. The first-order valence-electron chi connectivity index (χ1n) is 6.77. The van der Waals surface area contributed by atoms with Crippen molar-refractivity contribution >= 4 is 0 Å². The van der Waals surface area contributed by atoms with Crippen LogP contribution in [-0.2, 0) is 18.3 Å². The number of aromatic amines is 1. The molecule has 2 aromatic heterocycles. The zero-order valence-corrected chi connectivity index (χ0v) is 12.1. The van der Waals surface area contributed by atoms with E-state index < -0.39 is 0 Å². The van der Waals surface area contributed by atoms with Crippen molar-refractivity contribution < 1.29 is 4.74 Å². The summed E-state index contributed by atoms with van der Waals surface area (Å²) in [4.78, 5) is 2.38. The van der Waals surface area contributed by atoms with Crippen LogP contribution in [0.15, 0.2) is 12.4 Å². The number of aromatic nitrogens is 5. The van der Waals surface area contributed by atoms with Crippen LogP contribution in [0, 0.1) is 6.92 Å². The molecule has 0 aliphatic carbocycles. The molecule has 2 aromatic rings. The minimum atomic E-state index is 0.166. The van der Waals surface area contributed by atoms with E-state index in [1.165, 1.54) is 5.56 Å². The lowest BCUT2D eigenvalue weighted by atomic mass is 10.0. The highest BCUT2D eigenvalue weighted by atomic mass is 16.5. The van der Waals surface area contributed by atoms with Crippen LogP contribution in [0.4, 0.5) is 0 Å². The number of ether oxygens (including phenoxy) is 1. The smallest absolute Gasteiger partial charge is 0.0897 e. The summed E-state index contributed by atoms with van der Waals surface area (Å²) in [6.07, 6.45) is 4.04. The Bertz CT molecular complexity index is 577. The largest absolute Gasteiger partial charge is 0.379 e. The summed E-state index contributed by atoms with van der Waals surface area (Å²) in [5.74, 6) is 0.279. The summed E-state index contributed by atoms with van der Waals surface area (Å²) < 4.78 is 7.37. The first-order chi connectivity index (χ1) is 9.67. The Morgan fingerprint density at radius 3 is 2.90 bits per heavy atom. The number of aryl methyl sites for hydroxylation is 2. The molecule has 20 heavy (non-hydrogen) atoms. The zero-order valence-electron chi connectivity index (χ0n) is 12.1. The molecule has 1 saturated heterocycles.